The Balaban J connectivity index is 1.67. The van der Waals surface area contributed by atoms with Crippen LogP contribution in [0.1, 0.15) is 32.3 Å². The van der Waals surface area contributed by atoms with E-state index in [1.807, 2.05) is 31.2 Å². The first kappa shape index (κ1) is 24.9. The zero-order valence-corrected chi connectivity index (χ0v) is 20.3. The highest BCUT2D eigenvalue weighted by Crippen LogP contribution is 2.27. The second kappa shape index (κ2) is 11.4. The lowest BCUT2D eigenvalue weighted by atomic mass is 9.98. The van der Waals surface area contributed by atoms with Gasteiger partial charge < -0.3 is 14.8 Å². The van der Waals surface area contributed by atoms with Crippen molar-refractivity contribution in [3.8, 4) is 11.5 Å². The number of hydrogen-bond acceptors (Lipinski definition) is 5. The van der Waals surface area contributed by atoms with E-state index in [0.29, 0.717) is 49.7 Å². The number of piperidine rings is 1. The van der Waals surface area contributed by atoms with Gasteiger partial charge >= 0.3 is 10.2 Å². The first-order chi connectivity index (χ1) is 15.9. The van der Waals surface area contributed by atoms with Gasteiger partial charge in [0.15, 0.2) is 0 Å². The molecule has 1 atom stereocenters. The van der Waals surface area contributed by atoms with Gasteiger partial charge in [0.1, 0.15) is 11.5 Å². The van der Waals surface area contributed by atoms with Crippen LogP contribution in [0.5, 0.6) is 11.5 Å². The zero-order chi connectivity index (χ0) is 23.8. The van der Waals surface area contributed by atoms with Crippen LogP contribution in [0.3, 0.4) is 0 Å². The van der Waals surface area contributed by atoms with Crippen molar-refractivity contribution >= 4 is 21.8 Å². The third-order valence-electron chi connectivity index (χ3n) is 5.73. The molecule has 1 saturated heterocycles. The molecule has 1 N–H and O–H groups in total. The Labute approximate surface area is 196 Å². The summed E-state index contributed by atoms with van der Waals surface area (Å²) in [5.74, 6) is 0.853. The van der Waals surface area contributed by atoms with E-state index in [2.05, 4.69) is 5.32 Å². The van der Waals surface area contributed by atoms with Gasteiger partial charge in [0.2, 0.25) is 5.91 Å². The number of amides is 1. The molecule has 1 amide bonds. The third kappa shape index (κ3) is 5.97. The Hall–Kier alpha value is -2.78. The quantitative estimate of drug-likeness (QED) is 0.570. The van der Waals surface area contributed by atoms with E-state index < -0.39 is 16.1 Å². The van der Waals surface area contributed by atoms with Gasteiger partial charge in [-0.05, 0) is 57.0 Å². The molecule has 0 radical (unpaired) electrons. The normalized spacial score (nSPS) is 16.8. The lowest BCUT2D eigenvalue weighted by Crippen LogP contribution is -2.50. The van der Waals surface area contributed by atoms with Crippen molar-refractivity contribution in [2.75, 3.05) is 37.7 Å². The van der Waals surface area contributed by atoms with Crippen LogP contribution in [0.15, 0.2) is 48.5 Å². The number of methoxy groups -OCH3 is 1. The molecule has 0 bridgehead atoms. The van der Waals surface area contributed by atoms with E-state index in [1.54, 1.807) is 38.3 Å². The van der Waals surface area contributed by atoms with Crippen molar-refractivity contribution in [2.45, 2.75) is 33.2 Å². The van der Waals surface area contributed by atoms with E-state index >= 15 is 0 Å². The van der Waals surface area contributed by atoms with E-state index in [0.717, 1.165) is 5.56 Å². The Morgan fingerprint density at radius 1 is 1.15 bits per heavy atom. The number of anilines is 1. The SMILES string of the molecule is CCOc1ccc(N(CC)S(=O)(=O)N2CCC[C@@H](C(=O)NCc3ccccc3OC)C2)cc1. The molecule has 33 heavy (non-hydrogen) atoms. The number of para-hydroxylation sites is 1. The first-order valence-electron chi connectivity index (χ1n) is 11.3. The zero-order valence-electron chi connectivity index (χ0n) is 19.5. The predicted molar refractivity (Wildman–Crippen MR) is 129 cm³/mol. The summed E-state index contributed by atoms with van der Waals surface area (Å²) in [6.07, 6.45) is 1.28. The van der Waals surface area contributed by atoms with Crippen molar-refractivity contribution in [3.05, 3.63) is 54.1 Å². The molecule has 0 spiro atoms. The summed E-state index contributed by atoms with van der Waals surface area (Å²) >= 11 is 0. The molecule has 1 fully saturated rings. The second-order valence-corrected chi connectivity index (χ2v) is 9.68. The molecular weight excluding hydrogens is 442 g/mol. The number of nitrogens with one attached hydrogen (secondary N) is 1. The third-order valence-corrected chi connectivity index (χ3v) is 7.74. The van der Waals surface area contributed by atoms with Crippen molar-refractivity contribution in [1.82, 2.24) is 9.62 Å². The molecule has 2 aromatic rings. The number of carbonyl (C=O) groups is 1. The highest BCUT2D eigenvalue weighted by Gasteiger charge is 2.35. The van der Waals surface area contributed by atoms with Gasteiger partial charge in [-0.25, -0.2) is 0 Å². The van der Waals surface area contributed by atoms with Gasteiger partial charge in [-0.15, -0.1) is 0 Å². The maximum Gasteiger partial charge on any atom is 0.304 e. The number of rotatable bonds is 10. The fourth-order valence-electron chi connectivity index (χ4n) is 4.04. The summed E-state index contributed by atoms with van der Waals surface area (Å²) < 4.78 is 40.4. The van der Waals surface area contributed by atoms with Gasteiger partial charge in [0.05, 0.1) is 25.3 Å². The summed E-state index contributed by atoms with van der Waals surface area (Å²) in [6.45, 7) is 5.42. The van der Waals surface area contributed by atoms with Crippen molar-refractivity contribution < 1.29 is 22.7 Å². The van der Waals surface area contributed by atoms with Crippen LogP contribution in [-0.2, 0) is 21.5 Å². The van der Waals surface area contributed by atoms with Crippen LogP contribution in [0.2, 0.25) is 0 Å². The summed E-state index contributed by atoms with van der Waals surface area (Å²) in [5.41, 5.74) is 1.45. The Morgan fingerprint density at radius 2 is 1.88 bits per heavy atom. The maximum absolute atomic E-state index is 13.4. The largest absolute Gasteiger partial charge is 0.496 e. The molecule has 0 unspecified atom stereocenters. The average molecular weight is 476 g/mol. The van der Waals surface area contributed by atoms with E-state index in [9.17, 15) is 13.2 Å². The second-order valence-electron chi connectivity index (χ2n) is 7.83. The molecule has 3 rings (SSSR count). The van der Waals surface area contributed by atoms with Crippen LogP contribution in [-0.4, -0.2) is 52.0 Å². The van der Waals surface area contributed by atoms with E-state index in [-0.39, 0.29) is 19.0 Å². The standard InChI is InChI=1S/C24H33N3O5S/c1-4-27(21-12-14-22(15-13-21)32-5-2)33(29,30)26-16-8-10-20(18-26)24(28)25-17-19-9-6-7-11-23(19)31-3/h6-7,9,11-15,20H,4-5,8,10,16-18H2,1-3H3,(H,25,28)/t20-/m1/s1. The minimum absolute atomic E-state index is 0.148. The van der Waals surface area contributed by atoms with Gasteiger partial charge in [-0.1, -0.05) is 18.2 Å². The topological polar surface area (TPSA) is 88.2 Å². The van der Waals surface area contributed by atoms with Gasteiger partial charge in [-0.3, -0.25) is 9.10 Å². The molecule has 8 nitrogen and oxygen atoms in total. The Morgan fingerprint density at radius 3 is 2.55 bits per heavy atom. The summed E-state index contributed by atoms with van der Waals surface area (Å²) in [5, 5.41) is 2.94. The van der Waals surface area contributed by atoms with Crippen LogP contribution in [0.25, 0.3) is 0 Å². The maximum atomic E-state index is 13.4. The minimum Gasteiger partial charge on any atom is -0.496 e. The number of hydrogen-bond donors (Lipinski definition) is 1. The highest BCUT2D eigenvalue weighted by molar-refractivity contribution is 7.90. The van der Waals surface area contributed by atoms with Crippen LogP contribution < -0.4 is 19.1 Å². The highest BCUT2D eigenvalue weighted by atomic mass is 32.2. The summed E-state index contributed by atoms with van der Waals surface area (Å²) in [6, 6.07) is 14.5. The smallest absolute Gasteiger partial charge is 0.304 e. The molecule has 0 aliphatic carbocycles. The van der Waals surface area contributed by atoms with E-state index in [1.165, 1.54) is 8.61 Å². The minimum atomic E-state index is -3.77. The van der Waals surface area contributed by atoms with Crippen molar-refractivity contribution in [1.29, 1.82) is 0 Å². The van der Waals surface area contributed by atoms with Crippen molar-refractivity contribution in [2.24, 2.45) is 5.92 Å². The molecule has 1 heterocycles. The van der Waals surface area contributed by atoms with Gasteiger partial charge in [-0.2, -0.15) is 12.7 Å². The number of ether oxygens (including phenoxy) is 2. The molecule has 1 aliphatic heterocycles. The van der Waals surface area contributed by atoms with Crippen molar-refractivity contribution in [3.63, 3.8) is 0 Å². The Kier molecular flexibility index (Phi) is 8.57. The predicted octanol–water partition coefficient (Wildman–Crippen LogP) is 3.19. The Bertz CT molecular complexity index is 1030. The van der Waals surface area contributed by atoms with E-state index in [4.69, 9.17) is 9.47 Å². The molecule has 1 aliphatic rings. The van der Waals surface area contributed by atoms with Crippen LogP contribution in [0.4, 0.5) is 5.69 Å². The lowest BCUT2D eigenvalue weighted by molar-refractivity contribution is -0.126. The summed E-state index contributed by atoms with van der Waals surface area (Å²) in [4.78, 5) is 12.9. The van der Waals surface area contributed by atoms with Crippen LogP contribution in [0, 0.1) is 5.92 Å². The number of carbonyl (C=O) groups excluding carboxylic acids is 1. The number of nitrogens with zero attached hydrogens (tertiary/aromatic N) is 2. The van der Waals surface area contributed by atoms with Gasteiger partial charge in [0.25, 0.3) is 0 Å². The number of benzene rings is 2. The lowest BCUT2D eigenvalue weighted by Gasteiger charge is -2.35. The molecule has 9 heteroatoms. The first-order valence-corrected chi connectivity index (χ1v) is 12.7. The van der Waals surface area contributed by atoms with Gasteiger partial charge in [0, 0.05) is 31.7 Å². The monoisotopic (exact) mass is 475 g/mol. The molecule has 180 valence electrons. The fraction of sp³-hybridized carbons (Fsp3) is 0.458. The van der Waals surface area contributed by atoms with Crippen LogP contribution >= 0.6 is 0 Å². The molecule has 0 aromatic heterocycles. The fourth-order valence-corrected chi connectivity index (χ4v) is 5.76. The molecule has 0 saturated carbocycles. The molecule has 2 aromatic carbocycles. The summed E-state index contributed by atoms with van der Waals surface area (Å²) in [7, 11) is -2.18. The molecular formula is C24H33N3O5S. The average Bonchev–Trinajstić information content (AvgIpc) is 2.84.